The molecule has 2 amide bonds. The lowest BCUT2D eigenvalue weighted by molar-refractivity contribution is -0.115. The van der Waals surface area contributed by atoms with Gasteiger partial charge in [0.25, 0.3) is 5.91 Å². The maximum absolute atomic E-state index is 11.9. The molecule has 0 unspecified atom stereocenters. The number of carbonyl (C=O) groups is 2. The first-order valence-electron chi connectivity index (χ1n) is 7.78. The minimum Gasteiger partial charge on any atom is -0.342 e. The Labute approximate surface area is 149 Å². The summed E-state index contributed by atoms with van der Waals surface area (Å²) < 4.78 is 0. The van der Waals surface area contributed by atoms with Gasteiger partial charge in [-0.3, -0.25) is 9.59 Å². The van der Waals surface area contributed by atoms with Gasteiger partial charge in [-0.15, -0.1) is 11.3 Å². The molecule has 5 nitrogen and oxygen atoms in total. The highest BCUT2D eigenvalue weighted by molar-refractivity contribution is 7.13. The molecule has 2 N–H and O–H groups in total. The average Bonchev–Trinajstić information content (AvgIpc) is 3.08. The predicted molar refractivity (Wildman–Crippen MR) is 99.7 cm³/mol. The minimum atomic E-state index is -0.318. The van der Waals surface area contributed by atoms with Crippen LogP contribution in [0.2, 0.25) is 0 Å². The van der Waals surface area contributed by atoms with E-state index in [-0.39, 0.29) is 18.4 Å². The van der Waals surface area contributed by atoms with Gasteiger partial charge in [0.15, 0.2) is 0 Å². The van der Waals surface area contributed by atoms with Crippen LogP contribution in [-0.2, 0) is 4.79 Å². The van der Waals surface area contributed by atoms with Crippen LogP contribution in [0.25, 0.3) is 11.1 Å². The largest absolute Gasteiger partial charge is 0.342 e. The molecule has 0 bridgehead atoms. The number of carbonyl (C=O) groups excluding carboxylic acids is 2. The Kier molecular flexibility index (Phi) is 5.20. The van der Waals surface area contributed by atoms with Gasteiger partial charge in [-0.25, -0.2) is 4.98 Å². The lowest BCUT2D eigenvalue weighted by atomic mass is 10.1. The van der Waals surface area contributed by atoms with Crippen LogP contribution in [-0.4, -0.2) is 23.3 Å². The monoisotopic (exact) mass is 351 g/mol. The highest BCUT2D eigenvalue weighted by Crippen LogP contribution is 2.19. The molecule has 0 spiro atoms. The van der Waals surface area contributed by atoms with Crippen molar-refractivity contribution in [2.45, 2.75) is 6.92 Å². The Morgan fingerprint density at radius 1 is 1.00 bits per heavy atom. The number of amides is 2. The van der Waals surface area contributed by atoms with E-state index in [0.29, 0.717) is 10.7 Å². The molecule has 0 aliphatic heterocycles. The fourth-order valence-corrected chi connectivity index (χ4v) is 3.04. The molecule has 3 rings (SSSR count). The third-order valence-corrected chi connectivity index (χ3v) is 4.51. The summed E-state index contributed by atoms with van der Waals surface area (Å²) in [5.74, 6) is -0.117. The molecule has 3 aromatic rings. The van der Waals surface area contributed by atoms with Crippen molar-refractivity contribution in [2.75, 3.05) is 11.9 Å². The zero-order valence-electron chi connectivity index (χ0n) is 13.7. The van der Waals surface area contributed by atoms with Crippen LogP contribution in [0.5, 0.6) is 0 Å². The molecule has 2 heterocycles. The van der Waals surface area contributed by atoms with E-state index in [4.69, 9.17) is 0 Å². The number of aryl methyl sites for hydroxylation is 1. The number of hydrogen-bond acceptors (Lipinski definition) is 4. The molecule has 0 aliphatic rings. The first kappa shape index (κ1) is 16.9. The predicted octanol–water partition coefficient (Wildman–Crippen LogP) is 3.49. The van der Waals surface area contributed by atoms with Gasteiger partial charge in [-0.2, -0.15) is 0 Å². The standard InChI is InChI=1S/C19H17N3O2S/c1-13-7-9-16(25-13)19(24)21-12-18(23)22-17-10-8-15(11-20-17)14-5-3-2-4-6-14/h2-11H,12H2,1H3,(H,21,24)(H,20,22,23). The van der Waals surface area contributed by atoms with Crippen LogP contribution < -0.4 is 10.6 Å². The molecular weight excluding hydrogens is 334 g/mol. The van der Waals surface area contributed by atoms with Crippen molar-refractivity contribution in [3.8, 4) is 11.1 Å². The molecule has 2 aromatic heterocycles. The van der Waals surface area contributed by atoms with Crippen LogP contribution in [0.4, 0.5) is 5.82 Å². The Bertz CT molecular complexity index is 873. The number of nitrogens with zero attached hydrogens (tertiary/aromatic N) is 1. The topological polar surface area (TPSA) is 71.1 Å². The van der Waals surface area contributed by atoms with E-state index in [1.807, 2.05) is 49.4 Å². The minimum absolute atomic E-state index is 0.0993. The highest BCUT2D eigenvalue weighted by Gasteiger charge is 2.10. The number of rotatable bonds is 5. The van der Waals surface area contributed by atoms with Gasteiger partial charge in [0.05, 0.1) is 11.4 Å². The molecule has 0 aliphatic carbocycles. The summed E-state index contributed by atoms with van der Waals surface area (Å²) in [6.07, 6.45) is 1.71. The summed E-state index contributed by atoms with van der Waals surface area (Å²) in [6.45, 7) is 1.83. The number of nitrogens with one attached hydrogen (secondary N) is 2. The molecule has 126 valence electrons. The maximum atomic E-state index is 11.9. The van der Waals surface area contributed by atoms with Gasteiger partial charge in [0.2, 0.25) is 5.91 Å². The molecular formula is C19H17N3O2S. The van der Waals surface area contributed by atoms with E-state index in [1.54, 1.807) is 18.3 Å². The second-order valence-corrected chi connectivity index (χ2v) is 6.73. The fourth-order valence-electron chi connectivity index (χ4n) is 2.26. The summed E-state index contributed by atoms with van der Waals surface area (Å²) in [7, 11) is 0. The first-order chi connectivity index (χ1) is 12.1. The van der Waals surface area contributed by atoms with Gasteiger partial charge in [0, 0.05) is 16.6 Å². The normalized spacial score (nSPS) is 10.3. The highest BCUT2D eigenvalue weighted by atomic mass is 32.1. The molecule has 0 fully saturated rings. The third-order valence-electron chi connectivity index (χ3n) is 3.51. The van der Waals surface area contributed by atoms with Crippen molar-refractivity contribution in [3.63, 3.8) is 0 Å². The van der Waals surface area contributed by atoms with E-state index < -0.39 is 0 Å². The van der Waals surface area contributed by atoms with Crippen LogP contribution in [0, 0.1) is 6.92 Å². The number of benzene rings is 1. The van der Waals surface area contributed by atoms with E-state index in [2.05, 4.69) is 15.6 Å². The van der Waals surface area contributed by atoms with Gasteiger partial charge in [-0.1, -0.05) is 30.3 Å². The van der Waals surface area contributed by atoms with Crippen molar-refractivity contribution in [1.82, 2.24) is 10.3 Å². The van der Waals surface area contributed by atoms with Crippen molar-refractivity contribution in [3.05, 3.63) is 70.5 Å². The summed E-state index contributed by atoms with van der Waals surface area (Å²) in [6, 6.07) is 17.1. The van der Waals surface area contributed by atoms with E-state index in [0.717, 1.165) is 16.0 Å². The lowest BCUT2D eigenvalue weighted by Crippen LogP contribution is -2.32. The van der Waals surface area contributed by atoms with Gasteiger partial charge in [0.1, 0.15) is 5.82 Å². The van der Waals surface area contributed by atoms with Crippen LogP contribution in [0.15, 0.2) is 60.8 Å². The molecule has 0 saturated carbocycles. The molecule has 0 radical (unpaired) electrons. The molecule has 0 saturated heterocycles. The van der Waals surface area contributed by atoms with Crippen molar-refractivity contribution < 1.29 is 9.59 Å². The molecule has 1 aromatic carbocycles. The summed E-state index contributed by atoms with van der Waals surface area (Å²) >= 11 is 1.39. The Balaban J connectivity index is 1.53. The Morgan fingerprint density at radius 3 is 2.44 bits per heavy atom. The number of anilines is 1. The molecule has 0 atom stereocenters. The SMILES string of the molecule is Cc1ccc(C(=O)NCC(=O)Nc2ccc(-c3ccccc3)cn2)s1. The van der Waals surface area contributed by atoms with Crippen LogP contribution >= 0.6 is 11.3 Å². The first-order valence-corrected chi connectivity index (χ1v) is 8.59. The maximum Gasteiger partial charge on any atom is 0.261 e. The van der Waals surface area contributed by atoms with Crippen LogP contribution in [0.1, 0.15) is 14.5 Å². The number of aromatic nitrogens is 1. The number of thiophene rings is 1. The molecule has 25 heavy (non-hydrogen) atoms. The van der Waals surface area contributed by atoms with Gasteiger partial charge >= 0.3 is 0 Å². The Hall–Kier alpha value is -2.99. The summed E-state index contributed by atoms with van der Waals surface area (Å²) in [5, 5.41) is 5.27. The van der Waals surface area contributed by atoms with Crippen molar-refractivity contribution in [1.29, 1.82) is 0 Å². The zero-order chi connectivity index (χ0) is 17.6. The van der Waals surface area contributed by atoms with Crippen molar-refractivity contribution in [2.24, 2.45) is 0 Å². The average molecular weight is 351 g/mol. The second-order valence-electron chi connectivity index (χ2n) is 5.44. The smallest absolute Gasteiger partial charge is 0.261 e. The summed E-state index contributed by atoms with van der Waals surface area (Å²) in [4.78, 5) is 29.8. The van der Waals surface area contributed by atoms with Gasteiger partial charge < -0.3 is 10.6 Å². The quantitative estimate of drug-likeness (QED) is 0.739. The van der Waals surface area contributed by atoms with Gasteiger partial charge in [-0.05, 0) is 36.8 Å². The number of pyridine rings is 1. The van der Waals surface area contributed by atoms with Crippen LogP contribution in [0.3, 0.4) is 0 Å². The summed E-state index contributed by atoms with van der Waals surface area (Å²) in [5.41, 5.74) is 2.03. The third kappa shape index (κ3) is 4.51. The number of hydrogen-bond donors (Lipinski definition) is 2. The van der Waals surface area contributed by atoms with E-state index >= 15 is 0 Å². The second kappa shape index (κ2) is 7.72. The molecule has 6 heteroatoms. The Morgan fingerprint density at radius 2 is 1.80 bits per heavy atom. The zero-order valence-corrected chi connectivity index (χ0v) is 14.5. The lowest BCUT2D eigenvalue weighted by Gasteiger charge is -2.07. The van der Waals surface area contributed by atoms with E-state index in [9.17, 15) is 9.59 Å². The fraction of sp³-hybridized carbons (Fsp3) is 0.105. The van der Waals surface area contributed by atoms with E-state index in [1.165, 1.54) is 11.3 Å². The van der Waals surface area contributed by atoms with Crippen molar-refractivity contribution >= 4 is 29.0 Å².